The number of aryl methyl sites for hydroxylation is 1. The zero-order chi connectivity index (χ0) is 32.4. The molecular weight excluding hydrogens is 558 g/mol. The van der Waals surface area contributed by atoms with E-state index in [9.17, 15) is 26.3 Å². The second-order valence-electron chi connectivity index (χ2n) is 9.63. The molecule has 0 aliphatic heterocycles. The Kier molecular flexibility index (Phi) is 7.06. The van der Waals surface area contributed by atoms with Crippen LogP contribution in [0.1, 0.15) is 50.1 Å². The summed E-state index contributed by atoms with van der Waals surface area (Å²) in [5.74, 6) is 0. The molecule has 0 N–H and O–H groups in total. The molecule has 2 aliphatic rings. The van der Waals surface area contributed by atoms with Crippen molar-refractivity contribution in [1.82, 2.24) is 0 Å². The third kappa shape index (κ3) is 4.17. The van der Waals surface area contributed by atoms with Crippen LogP contribution in [0.25, 0.3) is 52.9 Å². The van der Waals surface area contributed by atoms with Gasteiger partial charge in [0, 0.05) is 5.57 Å². The van der Waals surface area contributed by atoms with E-state index in [0.717, 1.165) is 0 Å². The molecule has 0 spiro atoms. The molecule has 0 atom stereocenters. The predicted molar refractivity (Wildman–Crippen MR) is 164 cm³/mol. The highest BCUT2D eigenvalue weighted by Crippen LogP contribution is 2.55. The molecule has 0 radical (unpaired) electrons. The van der Waals surface area contributed by atoms with Gasteiger partial charge >= 0.3 is 0 Å². The largest absolute Gasteiger partial charge is 0.270 e. The van der Waals surface area contributed by atoms with E-state index in [1.165, 1.54) is 18.2 Å². The van der Waals surface area contributed by atoms with Gasteiger partial charge in [0.1, 0.15) is 18.2 Å². The minimum absolute atomic E-state index is 0.0413. The minimum Gasteiger partial charge on any atom is -0.238 e. The van der Waals surface area contributed by atoms with E-state index in [0.29, 0.717) is 44.6 Å². The van der Waals surface area contributed by atoms with Gasteiger partial charge in [0.2, 0.25) is 5.70 Å². The lowest BCUT2D eigenvalue weighted by molar-refractivity contribution is 1.42. The van der Waals surface area contributed by atoms with Gasteiger partial charge in [-0.2, -0.15) is 15.8 Å². The van der Waals surface area contributed by atoms with Crippen LogP contribution in [0.4, 0.5) is 5.69 Å². The third-order valence-corrected chi connectivity index (χ3v) is 7.51. The third-order valence-electron chi connectivity index (χ3n) is 7.51. The summed E-state index contributed by atoms with van der Waals surface area (Å²) in [6.07, 6.45) is 0. The van der Waals surface area contributed by atoms with E-state index in [2.05, 4.69) is 25.4 Å². The van der Waals surface area contributed by atoms with Crippen LogP contribution in [0.5, 0.6) is 0 Å². The summed E-state index contributed by atoms with van der Waals surface area (Å²) in [7, 11) is 0. The molecule has 0 bridgehead atoms. The van der Waals surface area contributed by atoms with Crippen LogP contribution in [0.3, 0.4) is 0 Å². The minimum atomic E-state index is -0.333. The van der Waals surface area contributed by atoms with Crippen LogP contribution in [0.2, 0.25) is 0 Å². The molecule has 0 unspecified atom stereocenters. The first kappa shape index (κ1) is 28.6. The summed E-state index contributed by atoms with van der Waals surface area (Å²) in [5, 5.41) is 49.4. The summed E-state index contributed by atoms with van der Waals surface area (Å²) in [6.45, 7) is 32.9. The van der Waals surface area contributed by atoms with Crippen molar-refractivity contribution in [2.75, 3.05) is 0 Å². The number of nitriles is 5. The average Bonchev–Trinajstić information content (AvgIpc) is 3.56. The number of hydrogen-bond donors (Lipinski definition) is 0. The Morgan fingerprint density at radius 3 is 1.73 bits per heavy atom. The molecule has 200 valence electrons. The number of benzene rings is 3. The van der Waals surface area contributed by atoms with Gasteiger partial charge in [0.25, 0.3) is 11.4 Å². The lowest BCUT2D eigenvalue weighted by atomic mass is 9.91. The maximum Gasteiger partial charge on any atom is 0.270 e. The van der Waals surface area contributed by atoms with Gasteiger partial charge in [-0.25, -0.2) is 29.9 Å². The SMILES string of the molecule is [C-]#[N+]C1=C(c2ccc(C)c([N+]#[C-])c2)/C(=C(/C#N)[N+]#[C-])c2cc3c(cc21)/C(=C(/C#N)[N+]#[C-])C(c1ccc(C#N)c(C#N)c1)=C3C#N. The van der Waals surface area contributed by atoms with Crippen molar-refractivity contribution in [1.29, 1.82) is 26.3 Å². The summed E-state index contributed by atoms with van der Waals surface area (Å²) in [6, 6.07) is 22.4. The van der Waals surface area contributed by atoms with Crippen molar-refractivity contribution in [3.8, 4) is 30.3 Å². The molecule has 0 saturated heterocycles. The Morgan fingerprint density at radius 1 is 0.600 bits per heavy atom. The van der Waals surface area contributed by atoms with E-state index in [4.69, 9.17) is 26.3 Å². The topological polar surface area (TPSA) is 136 Å². The van der Waals surface area contributed by atoms with E-state index in [1.54, 1.807) is 37.3 Å². The van der Waals surface area contributed by atoms with Gasteiger partial charge in [-0.1, -0.05) is 24.3 Å². The second-order valence-corrected chi connectivity index (χ2v) is 9.63. The lowest BCUT2D eigenvalue weighted by Gasteiger charge is -2.12. The first-order chi connectivity index (χ1) is 21.8. The number of nitrogens with zero attached hydrogens (tertiary/aromatic N) is 9. The summed E-state index contributed by atoms with van der Waals surface area (Å²) in [5.41, 5.74) is 3.56. The van der Waals surface area contributed by atoms with Gasteiger partial charge in [0.05, 0.1) is 55.1 Å². The Balaban J connectivity index is 1.93. The Labute approximate surface area is 258 Å². The summed E-state index contributed by atoms with van der Waals surface area (Å²) < 4.78 is 0. The predicted octanol–water partition coefficient (Wildman–Crippen LogP) is 7.85. The highest BCUT2D eigenvalue weighted by molar-refractivity contribution is 6.29. The molecule has 45 heavy (non-hydrogen) atoms. The zero-order valence-corrected chi connectivity index (χ0v) is 23.1. The first-order valence-electron chi connectivity index (χ1n) is 12.8. The van der Waals surface area contributed by atoms with Crippen molar-refractivity contribution in [2.24, 2.45) is 0 Å². The van der Waals surface area contributed by atoms with E-state index < -0.39 is 0 Å². The Hall–Kier alpha value is -7.97. The molecule has 3 aromatic rings. The fourth-order valence-electron chi connectivity index (χ4n) is 5.54. The molecule has 0 heterocycles. The van der Waals surface area contributed by atoms with Crippen LogP contribution >= 0.6 is 0 Å². The summed E-state index contributed by atoms with van der Waals surface area (Å²) >= 11 is 0. The number of hydrogen-bond acceptors (Lipinski definition) is 5. The maximum absolute atomic E-state index is 10.4. The van der Waals surface area contributed by atoms with E-state index in [-0.39, 0.29) is 56.1 Å². The molecule has 5 rings (SSSR count). The molecule has 0 aromatic heterocycles. The fraction of sp³-hybridized carbons (Fsp3) is 0.0278. The van der Waals surface area contributed by atoms with Crippen molar-refractivity contribution in [3.05, 3.63) is 156 Å². The highest BCUT2D eigenvalue weighted by atomic mass is 14.7. The van der Waals surface area contributed by atoms with E-state index in [1.807, 2.05) is 24.3 Å². The standard InChI is InChI=1S/C36H11N9/c1-19-6-7-21(11-29(19)42-2)33-35(31(18-41)44-4)26-12-24-25(13-27(26)36(33)45-5)34(30(17-40)43-3)32(28(24)16-39)20-8-9-22(14-37)23(10-20)15-38/h6-13H,1H3/b34-30+,35-31-. The van der Waals surface area contributed by atoms with Crippen molar-refractivity contribution >= 4 is 39.2 Å². The quantitative estimate of drug-likeness (QED) is 0.229. The first-order valence-corrected chi connectivity index (χ1v) is 12.8. The van der Waals surface area contributed by atoms with Gasteiger partial charge in [-0.05, 0) is 86.9 Å². The molecule has 0 amide bonds. The normalized spacial score (nSPS) is 14.5. The van der Waals surface area contributed by atoms with Gasteiger partial charge in [-0.3, -0.25) is 0 Å². The molecule has 0 saturated carbocycles. The highest BCUT2D eigenvalue weighted by Gasteiger charge is 2.37. The summed E-state index contributed by atoms with van der Waals surface area (Å²) in [4.78, 5) is 14.2. The second kappa shape index (κ2) is 11.1. The molecular formula is C36H11N9. The van der Waals surface area contributed by atoms with Crippen LogP contribution in [0.15, 0.2) is 59.9 Å². The number of rotatable bonds is 2. The molecule has 0 fully saturated rings. The smallest absolute Gasteiger partial charge is 0.238 e. The van der Waals surface area contributed by atoms with Crippen molar-refractivity contribution in [3.63, 3.8) is 0 Å². The maximum atomic E-state index is 10.4. The van der Waals surface area contributed by atoms with Crippen LogP contribution < -0.4 is 0 Å². The average molecular weight is 570 g/mol. The lowest BCUT2D eigenvalue weighted by Crippen LogP contribution is -1.94. The van der Waals surface area contributed by atoms with Crippen molar-refractivity contribution in [2.45, 2.75) is 6.92 Å². The molecule has 9 heteroatoms. The van der Waals surface area contributed by atoms with Crippen molar-refractivity contribution < 1.29 is 0 Å². The van der Waals surface area contributed by atoms with Crippen LogP contribution in [-0.2, 0) is 0 Å². The number of fused-ring (bicyclic) bond motifs is 2. The number of allylic oxidation sites excluding steroid dienone is 7. The van der Waals surface area contributed by atoms with Gasteiger partial charge in [-0.15, -0.1) is 0 Å². The van der Waals surface area contributed by atoms with Gasteiger partial charge in [0.15, 0.2) is 5.69 Å². The van der Waals surface area contributed by atoms with E-state index >= 15 is 0 Å². The molecule has 9 nitrogen and oxygen atoms in total. The van der Waals surface area contributed by atoms with Crippen LogP contribution in [-0.4, -0.2) is 0 Å². The molecule has 3 aromatic carbocycles. The Morgan fingerprint density at radius 2 is 1.18 bits per heavy atom. The van der Waals surface area contributed by atoms with Gasteiger partial charge < -0.3 is 0 Å². The fourth-order valence-corrected chi connectivity index (χ4v) is 5.54. The van der Waals surface area contributed by atoms with Crippen LogP contribution in [0, 0.1) is 89.9 Å². The Bertz CT molecular complexity index is 2440. The molecule has 2 aliphatic carbocycles. The zero-order valence-electron chi connectivity index (χ0n) is 23.1. The monoisotopic (exact) mass is 569 g/mol.